The lowest BCUT2D eigenvalue weighted by atomic mass is 10.1. The third-order valence-electron chi connectivity index (χ3n) is 1.51. The van der Waals surface area contributed by atoms with E-state index in [4.69, 9.17) is 0 Å². The maximum atomic E-state index is 12.5. The molecule has 0 aliphatic heterocycles. The zero-order valence-corrected chi connectivity index (χ0v) is 5.64. The van der Waals surface area contributed by atoms with Crippen LogP contribution in [0.5, 0.6) is 0 Å². The van der Waals surface area contributed by atoms with Gasteiger partial charge in [0.15, 0.2) is 0 Å². The normalized spacial score (nSPS) is 18.9. The standard InChI is InChI=1S/C8H9FO/c9-8-3-1-2-7(6-10)4-5-8/h4-6H,1-3H2. The van der Waals surface area contributed by atoms with Crippen LogP contribution < -0.4 is 0 Å². The second-order valence-electron chi connectivity index (χ2n) is 2.33. The average Bonchev–Trinajstić information content (AvgIpc) is 2.14. The topological polar surface area (TPSA) is 17.1 Å². The molecule has 1 aliphatic carbocycles. The second-order valence-corrected chi connectivity index (χ2v) is 2.33. The van der Waals surface area contributed by atoms with Gasteiger partial charge in [-0.3, -0.25) is 4.79 Å². The first-order valence-electron chi connectivity index (χ1n) is 3.33. The van der Waals surface area contributed by atoms with E-state index in [1.807, 2.05) is 0 Å². The van der Waals surface area contributed by atoms with Crippen LogP contribution in [0.1, 0.15) is 19.3 Å². The highest BCUT2D eigenvalue weighted by Crippen LogP contribution is 2.16. The lowest BCUT2D eigenvalue weighted by molar-refractivity contribution is -0.105. The Morgan fingerprint density at radius 1 is 1.40 bits per heavy atom. The van der Waals surface area contributed by atoms with E-state index in [2.05, 4.69) is 0 Å². The van der Waals surface area contributed by atoms with Crippen molar-refractivity contribution >= 4 is 6.29 Å². The van der Waals surface area contributed by atoms with Gasteiger partial charge in [-0.1, -0.05) is 6.08 Å². The summed E-state index contributed by atoms with van der Waals surface area (Å²) < 4.78 is 12.5. The average molecular weight is 140 g/mol. The van der Waals surface area contributed by atoms with Gasteiger partial charge in [-0.2, -0.15) is 0 Å². The molecule has 0 aromatic rings. The molecule has 2 heteroatoms. The SMILES string of the molecule is O=CC1=CC=C(F)CCC1. The highest BCUT2D eigenvalue weighted by atomic mass is 19.1. The van der Waals surface area contributed by atoms with Crippen LogP contribution in [-0.4, -0.2) is 6.29 Å². The van der Waals surface area contributed by atoms with E-state index >= 15 is 0 Å². The third kappa shape index (κ3) is 1.79. The third-order valence-corrected chi connectivity index (χ3v) is 1.51. The Morgan fingerprint density at radius 2 is 2.20 bits per heavy atom. The van der Waals surface area contributed by atoms with Gasteiger partial charge in [-0.25, -0.2) is 4.39 Å². The van der Waals surface area contributed by atoms with Crippen LogP contribution in [0.3, 0.4) is 0 Å². The number of rotatable bonds is 1. The molecule has 0 fully saturated rings. The van der Waals surface area contributed by atoms with Crippen LogP contribution in [0.4, 0.5) is 4.39 Å². The van der Waals surface area contributed by atoms with Crippen LogP contribution >= 0.6 is 0 Å². The lowest BCUT2D eigenvalue weighted by Crippen LogP contribution is -1.81. The van der Waals surface area contributed by atoms with E-state index in [0.717, 1.165) is 12.7 Å². The molecule has 0 saturated carbocycles. The molecule has 0 unspecified atom stereocenters. The number of carbonyl (C=O) groups is 1. The van der Waals surface area contributed by atoms with Gasteiger partial charge in [-0.15, -0.1) is 0 Å². The smallest absolute Gasteiger partial charge is 0.146 e. The zero-order valence-electron chi connectivity index (χ0n) is 5.64. The van der Waals surface area contributed by atoms with E-state index in [1.54, 1.807) is 6.08 Å². The maximum Gasteiger partial charge on any atom is 0.146 e. The summed E-state index contributed by atoms with van der Waals surface area (Å²) in [6.45, 7) is 0. The van der Waals surface area contributed by atoms with E-state index < -0.39 is 0 Å². The fraction of sp³-hybridized carbons (Fsp3) is 0.375. The van der Waals surface area contributed by atoms with Crippen molar-refractivity contribution in [3.8, 4) is 0 Å². The molecule has 0 atom stereocenters. The van der Waals surface area contributed by atoms with Gasteiger partial charge < -0.3 is 0 Å². The number of allylic oxidation sites excluding steroid dienone is 4. The van der Waals surface area contributed by atoms with Crippen LogP contribution in [0.15, 0.2) is 23.6 Å². The molecule has 0 saturated heterocycles. The quantitative estimate of drug-likeness (QED) is 0.510. The summed E-state index contributed by atoms with van der Waals surface area (Å²) >= 11 is 0. The molecule has 0 amide bonds. The summed E-state index contributed by atoms with van der Waals surface area (Å²) in [6, 6.07) is 0. The molecular formula is C8H9FO. The minimum atomic E-state index is -0.128. The van der Waals surface area contributed by atoms with Crippen LogP contribution in [0.25, 0.3) is 0 Å². The number of carbonyl (C=O) groups excluding carboxylic acids is 1. The second kappa shape index (κ2) is 3.30. The van der Waals surface area contributed by atoms with Gasteiger partial charge in [0.1, 0.15) is 6.29 Å². The molecule has 0 spiro atoms. The van der Waals surface area contributed by atoms with Crippen LogP contribution in [0, 0.1) is 0 Å². The molecular weight excluding hydrogens is 131 g/mol. The number of aldehydes is 1. The first-order valence-corrected chi connectivity index (χ1v) is 3.33. The Hall–Kier alpha value is -0.920. The van der Waals surface area contributed by atoms with Crippen LogP contribution in [-0.2, 0) is 4.79 Å². The van der Waals surface area contributed by atoms with Crippen molar-refractivity contribution in [2.75, 3.05) is 0 Å². The molecule has 1 aliphatic rings. The minimum absolute atomic E-state index is 0.128. The molecule has 0 aromatic heterocycles. The number of halogens is 1. The summed E-state index contributed by atoms with van der Waals surface area (Å²) in [5.74, 6) is -0.128. The highest BCUT2D eigenvalue weighted by Gasteiger charge is 2.01. The maximum absolute atomic E-state index is 12.5. The summed E-state index contributed by atoms with van der Waals surface area (Å²) in [5, 5.41) is 0. The molecule has 0 heterocycles. The van der Waals surface area contributed by atoms with E-state index in [1.165, 1.54) is 6.08 Å². The Morgan fingerprint density at radius 3 is 2.90 bits per heavy atom. The fourth-order valence-electron chi connectivity index (χ4n) is 0.924. The predicted molar refractivity (Wildman–Crippen MR) is 37.2 cm³/mol. The molecule has 10 heavy (non-hydrogen) atoms. The van der Waals surface area contributed by atoms with Crippen molar-refractivity contribution in [2.24, 2.45) is 0 Å². The first kappa shape index (κ1) is 7.19. The van der Waals surface area contributed by atoms with E-state index in [-0.39, 0.29) is 5.83 Å². The lowest BCUT2D eigenvalue weighted by Gasteiger charge is -1.91. The van der Waals surface area contributed by atoms with E-state index in [0.29, 0.717) is 18.4 Å². The predicted octanol–water partition coefficient (Wildman–Crippen LogP) is 2.15. The van der Waals surface area contributed by atoms with Gasteiger partial charge in [0.2, 0.25) is 0 Å². The molecule has 0 aromatic carbocycles. The molecule has 0 bridgehead atoms. The Kier molecular flexibility index (Phi) is 2.37. The van der Waals surface area contributed by atoms with Gasteiger partial charge in [0, 0.05) is 0 Å². The van der Waals surface area contributed by atoms with Crippen molar-refractivity contribution < 1.29 is 9.18 Å². The summed E-state index contributed by atoms with van der Waals surface area (Å²) in [7, 11) is 0. The van der Waals surface area contributed by atoms with E-state index in [9.17, 15) is 9.18 Å². The van der Waals surface area contributed by atoms with Gasteiger partial charge >= 0.3 is 0 Å². The summed E-state index contributed by atoms with van der Waals surface area (Å²) in [5.41, 5.74) is 0.688. The molecule has 1 nitrogen and oxygen atoms in total. The van der Waals surface area contributed by atoms with Crippen LogP contribution in [0.2, 0.25) is 0 Å². The Bertz CT molecular complexity index is 191. The first-order chi connectivity index (χ1) is 4.83. The summed E-state index contributed by atoms with van der Waals surface area (Å²) in [6.07, 6.45) is 5.62. The Labute approximate surface area is 59.2 Å². The Balaban J connectivity index is 2.69. The van der Waals surface area contributed by atoms with Crippen molar-refractivity contribution in [1.29, 1.82) is 0 Å². The molecule has 0 N–H and O–H groups in total. The summed E-state index contributed by atoms with van der Waals surface area (Å²) in [4.78, 5) is 10.2. The zero-order chi connectivity index (χ0) is 7.40. The number of hydrogen-bond acceptors (Lipinski definition) is 1. The number of hydrogen-bond donors (Lipinski definition) is 0. The molecule has 54 valence electrons. The van der Waals surface area contributed by atoms with Gasteiger partial charge in [-0.05, 0) is 30.9 Å². The van der Waals surface area contributed by atoms with Crippen molar-refractivity contribution in [1.82, 2.24) is 0 Å². The van der Waals surface area contributed by atoms with Gasteiger partial charge in [0.05, 0.1) is 5.83 Å². The highest BCUT2D eigenvalue weighted by molar-refractivity contribution is 5.73. The van der Waals surface area contributed by atoms with Gasteiger partial charge in [0.25, 0.3) is 0 Å². The molecule has 1 rings (SSSR count). The molecule has 0 radical (unpaired) electrons. The van der Waals surface area contributed by atoms with Crippen molar-refractivity contribution in [2.45, 2.75) is 19.3 Å². The monoisotopic (exact) mass is 140 g/mol. The van der Waals surface area contributed by atoms with Crippen molar-refractivity contribution in [3.63, 3.8) is 0 Å². The fourth-order valence-corrected chi connectivity index (χ4v) is 0.924. The largest absolute Gasteiger partial charge is 0.298 e. The minimum Gasteiger partial charge on any atom is -0.298 e. The van der Waals surface area contributed by atoms with Crippen molar-refractivity contribution in [3.05, 3.63) is 23.6 Å².